The van der Waals surface area contributed by atoms with E-state index in [1.54, 1.807) is 0 Å². The smallest absolute Gasteiger partial charge is 0.306 e. The van der Waals surface area contributed by atoms with E-state index in [0.29, 0.717) is 18.4 Å². The van der Waals surface area contributed by atoms with Crippen LogP contribution >= 0.6 is 0 Å². The number of aliphatic carboxylic acids is 1. The van der Waals surface area contributed by atoms with Gasteiger partial charge in [0, 0.05) is 11.6 Å². The van der Waals surface area contributed by atoms with E-state index in [-0.39, 0.29) is 17.9 Å². The first-order valence-corrected chi connectivity index (χ1v) is 6.66. The molecule has 4 heteroatoms. The Labute approximate surface area is 112 Å². The summed E-state index contributed by atoms with van der Waals surface area (Å²) >= 11 is 0. The summed E-state index contributed by atoms with van der Waals surface area (Å²) in [4.78, 5) is 22.9. The van der Waals surface area contributed by atoms with Gasteiger partial charge in [-0.05, 0) is 44.7 Å². The molecule has 0 spiro atoms. The van der Waals surface area contributed by atoms with Gasteiger partial charge >= 0.3 is 5.97 Å². The minimum absolute atomic E-state index is 0.0706. The van der Waals surface area contributed by atoms with E-state index in [0.717, 1.165) is 18.4 Å². The predicted molar refractivity (Wildman–Crippen MR) is 72.0 cm³/mol. The number of carbonyl (C=O) groups excluding carboxylic acids is 1. The van der Waals surface area contributed by atoms with Gasteiger partial charge in [-0.15, -0.1) is 0 Å². The van der Waals surface area contributed by atoms with Gasteiger partial charge in [0.15, 0.2) is 0 Å². The quantitative estimate of drug-likeness (QED) is 0.877. The van der Waals surface area contributed by atoms with Gasteiger partial charge in [-0.2, -0.15) is 0 Å². The van der Waals surface area contributed by atoms with E-state index in [4.69, 9.17) is 5.11 Å². The standard InChI is InChI=1S/C15H19NO3/c1-10-2-4-11(5-3-10)14(17)16-13-8-6-12(7-9-13)15(18)19/h2-5,12-13H,6-9H2,1H3,(H,16,17)(H,18,19). The number of nitrogens with one attached hydrogen (secondary N) is 1. The van der Waals surface area contributed by atoms with Crippen LogP contribution in [0.15, 0.2) is 24.3 Å². The van der Waals surface area contributed by atoms with E-state index in [1.807, 2.05) is 31.2 Å². The number of amides is 1. The van der Waals surface area contributed by atoms with Gasteiger partial charge in [-0.3, -0.25) is 9.59 Å². The first kappa shape index (κ1) is 13.6. The largest absolute Gasteiger partial charge is 0.481 e. The third-order valence-electron chi connectivity index (χ3n) is 3.73. The Balaban J connectivity index is 1.87. The Morgan fingerprint density at radius 1 is 1.11 bits per heavy atom. The highest BCUT2D eigenvalue weighted by molar-refractivity contribution is 5.94. The normalized spacial score (nSPS) is 22.8. The number of carboxylic acid groups (broad SMARTS) is 1. The summed E-state index contributed by atoms with van der Waals surface area (Å²) in [5.41, 5.74) is 1.78. The molecule has 0 saturated heterocycles. The van der Waals surface area contributed by atoms with E-state index in [1.165, 1.54) is 0 Å². The van der Waals surface area contributed by atoms with Crippen molar-refractivity contribution in [2.75, 3.05) is 0 Å². The zero-order valence-corrected chi connectivity index (χ0v) is 11.1. The Hall–Kier alpha value is -1.84. The van der Waals surface area contributed by atoms with E-state index in [9.17, 15) is 9.59 Å². The van der Waals surface area contributed by atoms with Crippen LogP contribution in [0.1, 0.15) is 41.6 Å². The Morgan fingerprint density at radius 2 is 1.68 bits per heavy atom. The maximum Gasteiger partial charge on any atom is 0.306 e. The molecule has 0 aliphatic heterocycles. The number of hydrogen-bond acceptors (Lipinski definition) is 2. The molecule has 0 heterocycles. The van der Waals surface area contributed by atoms with Crippen molar-refractivity contribution in [3.8, 4) is 0 Å². The topological polar surface area (TPSA) is 66.4 Å². The molecule has 0 bridgehead atoms. The lowest BCUT2D eigenvalue weighted by atomic mass is 9.86. The van der Waals surface area contributed by atoms with Crippen LogP contribution in [0.4, 0.5) is 0 Å². The van der Waals surface area contributed by atoms with Gasteiger partial charge in [0.05, 0.1) is 5.92 Å². The second kappa shape index (κ2) is 5.87. The highest BCUT2D eigenvalue weighted by Crippen LogP contribution is 2.24. The predicted octanol–water partition coefficient (Wildman–Crippen LogP) is 2.37. The Bertz CT molecular complexity index is 459. The van der Waals surface area contributed by atoms with Gasteiger partial charge in [0.2, 0.25) is 0 Å². The summed E-state index contributed by atoms with van der Waals surface area (Å²) in [6, 6.07) is 7.55. The van der Waals surface area contributed by atoms with Crippen molar-refractivity contribution < 1.29 is 14.7 Å². The number of rotatable bonds is 3. The Morgan fingerprint density at radius 3 is 2.21 bits per heavy atom. The fourth-order valence-electron chi connectivity index (χ4n) is 2.46. The number of carboxylic acids is 1. The van der Waals surface area contributed by atoms with Crippen molar-refractivity contribution in [1.82, 2.24) is 5.32 Å². The fraction of sp³-hybridized carbons (Fsp3) is 0.467. The fourth-order valence-corrected chi connectivity index (χ4v) is 2.46. The van der Waals surface area contributed by atoms with Crippen LogP contribution in [0.2, 0.25) is 0 Å². The SMILES string of the molecule is Cc1ccc(C(=O)NC2CCC(C(=O)O)CC2)cc1. The molecule has 0 radical (unpaired) electrons. The van der Waals surface area contributed by atoms with Crippen molar-refractivity contribution in [1.29, 1.82) is 0 Å². The molecule has 0 unspecified atom stereocenters. The molecular weight excluding hydrogens is 242 g/mol. The molecule has 1 saturated carbocycles. The number of aryl methyl sites for hydroxylation is 1. The summed E-state index contributed by atoms with van der Waals surface area (Å²) < 4.78 is 0. The van der Waals surface area contributed by atoms with Crippen LogP contribution in [0, 0.1) is 12.8 Å². The van der Waals surface area contributed by atoms with Gasteiger partial charge in [-0.25, -0.2) is 0 Å². The van der Waals surface area contributed by atoms with Crippen LogP contribution in [0.5, 0.6) is 0 Å². The van der Waals surface area contributed by atoms with E-state index < -0.39 is 5.97 Å². The van der Waals surface area contributed by atoms with Crippen molar-refractivity contribution in [2.45, 2.75) is 38.6 Å². The molecule has 4 nitrogen and oxygen atoms in total. The number of benzene rings is 1. The number of hydrogen-bond donors (Lipinski definition) is 2. The molecule has 1 aliphatic rings. The van der Waals surface area contributed by atoms with Crippen LogP contribution in [0.3, 0.4) is 0 Å². The minimum atomic E-state index is -0.719. The maximum absolute atomic E-state index is 12.0. The molecule has 1 aliphatic carbocycles. The zero-order valence-electron chi connectivity index (χ0n) is 11.1. The first-order chi connectivity index (χ1) is 9.06. The van der Waals surface area contributed by atoms with Crippen molar-refractivity contribution in [3.63, 3.8) is 0 Å². The molecule has 1 amide bonds. The van der Waals surface area contributed by atoms with Gasteiger partial charge in [0.25, 0.3) is 5.91 Å². The van der Waals surface area contributed by atoms with Crippen LogP contribution < -0.4 is 5.32 Å². The summed E-state index contributed by atoms with van der Waals surface area (Å²) in [5.74, 6) is -1.03. The second-order valence-corrected chi connectivity index (χ2v) is 5.23. The van der Waals surface area contributed by atoms with Crippen LogP contribution in [0.25, 0.3) is 0 Å². The number of carbonyl (C=O) groups is 2. The van der Waals surface area contributed by atoms with Crippen molar-refractivity contribution in [3.05, 3.63) is 35.4 Å². The average Bonchev–Trinajstić information content (AvgIpc) is 2.40. The third-order valence-corrected chi connectivity index (χ3v) is 3.73. The highest BCUT2D eigenvalue weighted by atomic mass is 16.4. The summed E-state index contributed by atoms with van der Waals surface area (Å²) in [6.45, 7) is 1.98. The minimum Gasteiger partial charge on any atom is -0.481 e. The monoisotopic (exact) mass is 261 g/mol. The maximum atomic E-state index is 12.0. The average molecular weight is 261 g/mol. The molecule has 0 aromatic heterocycles. The van der Waals surface area contributed by atoms with E-state index in [2.05, 4.69) is 5.32 Å². The molecular formula is C15H19NO3. The zero-order chi connectivity index (χ0) is 13.8. The molecule has 2 rings (SSSR count). The molecule has 19 heavy (non-hydrogen) atoms. The summed E-state index contributed by atoms with van der Waals surface area (Å²) in [5, 5.41) is 11.9. The van der Waals surface area contributed by atoms with Gasteiger partial charge in [-0.1, -0.05) is 17.7 Å². The van der Waals surface area contributed by atoms with Crippen molar-refractivity contribution in [2.24, 2.45) is 5.92 Å². The lowest BCUT2D eigenvalue weighted by Crippen LogP contribution is -2.38. The lowest BCUT2D eigenvalue weighted by Gasteiger charge is -2.26. The van der Waals surface area contributed by atoms with Crippen molar-refractivity contribution >= 4 is 11.9 Å². The third kappa shape index (κ3) is 3.56. The molecule has 1 aromatic carbocycles. The highest BCUT2D eigenvalue weighted by Gasteiger charge is 2.26. The summed E-state index contributed by atoms with van der Waals surface area (Å²) in [6.07, 6.45) is 2.78. The summed E-state index contributed by atoms with van der Waals surface area (Å²) in [7, 11) is 0. The lowest BCUT2D eigenvalue weighted by molar-refractivity contribution is -0.142. The van der Waals surface area contributed by atoms with Gasteiger partial charge in [0.1, 0.15) is 0 Å². The van der Waals surface area contributed by atoms with Gasteiger partial charge < -0.3 is 10.4 Å². The molecule has 1 aromatic rings. The first-order valence-electron chi connectivity index (χ1n) is 6.66. The second-order valence-electron chi connectivity index (χ2n) is 5.23. The molecule has 0 atom stereocenters. The van der Waals surface area contributed by atoms with E-state index >= 15 is 0 Å². The molecule has 1 fully saturated rings. The Kier molecular flexibility index (Phi) is 4.20. The molecule has 102 valence electrons. The molecule has 2 N–H and O–H groups in total. The van der Waals surface area contributed by atoms with Crippen LogP contribution in [-0.2, 0) is 4.79 Å². The van der Waals surface area contributed by atoms with Crippen LogP contribution in [-0.4, -0.2) is 23.0 Å².